The summed E-state index contributed by atoms with van der Waals surface area (Å²) in [5.74, 6) is 0.506. The minimum atomic E-state index is -2.99. The summed E-state index contributed by atoms with van der Waals surface area (Å²) in [7, 11) is -2.99. The molecule has 0 aliphatic rings. The lowest BCUT2D eigenvalue weighted by molar-refractivity contribution is 0.581. The van der Waals surface area contributed by atoms with Crippen molar-refractivity contribution in [3.8, 4) is 0 Å². The van der Waals surface area contributed by atoms with Crippen molar-refractivity contribution in [3.05, 3.63) is 29.8 Å². The number of sulfone groups is 1. The molecule has 0 fully saturated rings. The van der Waals surface area contributed by atoms with Crippen LogP contribution in [0.1, 0.15) is 19.4 Å². The van der Waals surface area contributed by atoms with Crippen molar-refractivity contribution in [2.75, 3.05) is 11.5 Å². The Morgan fingerprint density at radius 1 is 1.20 bits per heavy atom. The molecule has 4 heteroatoms. The van der Waals surface area contributed by atoms with E-state index in [4.69, 9.17) is 5.73 Å². The summed E-state index contributed by atoms with van der Waals surface area (Å²) in [5, 5.41) is 0. The molecule has 0 aromatic heterocycles. The topological polar surface area (TPSA) is 60.2 Å². The number of rotatable bonds is 4. The lowest BCUT2D eigenvalue weighted by atomic mass is 10.2. The van der Waals surface area contributed by atoms with Crippen molar-refractivity contribution in [3.63, 3.8) is 0 Å². The van der Waals surface area contributed by atoms with Crippen molar-refractivity contribution >= 4 is 15.5 Å². The van der Waals surface area contributed by atoms with Crippen molar-refractivity contribution < 1.29 is 8.42 Å². The highest BCUT2D eigenvalue weighted by Crippen LogP contribution is 2.11. The quantitative estimate of drug-likeness (QED) is 0.798. The predicted octanol–water partition coefficient (Wildman–Crippen LogP) is 1.84. The van der Waals surface area contributed by atoms with Crippen LogP contribution in [0, 0.1) is 5.92 Å². The Bertz CT molecular complexity index is 407. The van der Waals surface area contributed by atoms with Crippen LogP contribution in [-0.4, -0.2) is 14.2 Å². The highest BCUT2D eigenvalue weighted by atomic mass is 32.2. The number of nitrogens with two attached hydrogens (primary N) is 1. The Morgan fingerprint density at radius 2 is 1.73 bits per heavy atom. The van der Waals surface area contributed by atoms with Gasteiger partial charge in [-0.25, -0.2) is 8.42 Å². The zero-order valence-electron chi connectivity index (χ0n) is 9.10. The summed E-state index contributed by atoms with van der Waals surface area (Å²) in [6, 6.07) is 6.96. The van der Waals surface area contributed by atoms with Gasteiger partial charge in [-0.15, -0.1) is 0 Å². The van der Waals surface area contributed by atoms with E-state index in [1.54, 1.807) is 24.3 Å². The van der Waals surface area contributed by atoms with Gasteiger partial charge in [0.15, 0.2) is 9.84 Å². The Kier molecular flexibility index (Phi) is 3.74. The van der Waals surface area contributed by atoms with Gasteiger partial charge >= 0.3 is 0 Å². The van der Waals surface area contributed by atoms with Gasteiger partial charge in [0, 0.05) is 5.69 Å². The monoisotopic (exact) mass is 227 g/mol. The van der Waals surface area contributed by atoms with Crippen LogP contribution in [0.2, 0.25) is 0 Å². The minimum Gasteiger partial charge on any atom is -0.399 e. The van der Waals surface area contributed by atoms with Crippen LogP contribution in [0.3, 0.4) is 0 Å². The van der Waals surface area contributed by atoms with Crippen molar-refractivity contribution in [1.82, 2.24) is 0 Å². The highest BCUT2D eigenvalue weighted by Gasteiger charge is 2.13. The van der Waals surface area contributed by atoms with E-state index in [2.05, 4.69) is 0 Å². The number of hydrogen-bond acceptors (Lipinski definition) is 3. The third-order valence-electron chi connectivity index (χ3n) is 1.95. The minimum absolute atomic E-state index is 0.103. The molecule has 84 valence electrons. The molecule has 0 spiro atoms. The second-order valence-electron chi connectivity index (χ2n) is 4.19. The smallest absolute Gasteiger partial charge is 0.154 e. The van der Waals surface area contributed by atoms with E-state index in [1.165, 1.54) is 0 Å². The van der Waals surface area contributed by atoms with E-state index in [0.717, 1.165) is 5.56 Å². The molecular formula is C11H17NO2S. The van der Waals surface area contributed by atoms with E-state index in [-0.39, 0.29) is 17.4 Å². The SMILES string of the molecule is CC(C)CS(=O)(=O)Cc1ccc(N)cc1. The van der Waals surface area contributed by atoms with Crippen LogP contribution in [-0.2, 0) is 15.6 Å². The molecule has 0 atom stereocenters. The lowest BCUT2D eigenvalue weighted by Gasteiger charge is -2.07. The molecule has 0 saturated heterocycles. The van der Waals surface area contributed by atoms with Gasteiger partial charge in [0.25, 0.3) is 0 Å². The van der Waals surface area contributed by atoms with Gasteiger partial charge in [0.05, 0.1) is 11.5 Å². The van der Waals surface area contributed by atoms with E-state index < -0.39 is 9.84 Å². The molecule has 1 aromatic carbocycles. The van der Waals surface area contributed by atoms with Gasteiger partial charge in [0.2, 0.25) is 0 Å². The maximum Gasteiger partial charge on any atom is 0.154 e. The Balaban J connectivity index is 2.73. The van der Waals surface area contributed by atoms with E-state index >= 15 is 0 Å². The average molecular weight is 227 g/mol. The summed E-state index contributed by atoms with van der Waals surface area (Å²) in [5.41, 5.74) is 6.97. The molecule has 0 aliphatic carbocycles. The molecule has 2 N–H and O–H groups in total. The first kappa shape index (κ1) is 12.0. The maximum atomic E-state index is 11.7. The fourth-order valence-corrected chi connectivity index (χ4v) is 3.27. The fraction of sp³-hybridized carbons (Fsp3) is 0.455. The fourth-order valence-electron chi connectivity index (χ4n) is 1.43. The molecule has 0 aliphatic heterocycles. The van der Waals surface area contributed by atoms with Crippen LogP contribution >= 0.6 is 0 Å². The van der Waals surface area contributed by atoms with Crippen LogP contribution in [0.5, 0.6) is 0 Å². The van der Waals surface area contributed by atoms with Gasteiger partial charge in [-0.05, 0) is 23.6 Å². The van der Waals surface area contributed by atoms with E-state index in [1.807, 2.05) is 13.8 Å². The third-order valence-corrected chi connectivity index (χ3v) is 3.90. The highest BCUT2D eigenvalue weighted by molar-refractivity contribution is 7.90. The van der Waals surface area contributed by atoms with Gasteiger partial charge < -0.3 is 5.73 Å². The Morgan fingerprint density at radius 3 is 2.20 bits per heavy atom. The first-order chi connectivity index (χ1) is 6.89. The maximum absolute atomic E-state index is 11.7. The second-order valence-corrected chi connectivity index (χ2v) is 6.30. The molecule has 0 unspecified atom stereocenters. The molecular weight excluding hydrogens is 210 g/mol. The van der Waals surface area contributed by atoms with E-state index in [0.29, 0.717) is 5.69 Å². The molecule has 1 rings (SSSR count). The summed E-state index contributed by atoms with van der Waals surface area (Å²) >= 11 is 0. The predicted molar refractivity (Wildman–Crippen MR) is 63.2 cm³/mol. The number of anilines is 1. The zero-order chi connectivity index (χ0) is 11.5. The third kappa shape index (κ3) is 4.34. The van der Waals surface area contributed by atoms with E-state index in [9.17, 15) is 8.42 Å². The zero-order valence-corrected chi connectivity index (χ0v) is 9.92. The lowest BCUT2D eigenvalue weighted by Crippen LogP contribution is -2.13. The second kappa shape index (κ2) is 4.66. The molecule has 0 bridgehead atoms. The van der Waals surface area contributed by atoms with Gasteiger partial charge in [0.1, 0.15) is 0 Å². The van der Waals surface area contributed by atoms with Gasteiger partial charge in [-0.3, -0.25) is 0 Å². The van der Waals surface area contributed by atoms with Crippen LogP contribution in [0.15, 0.2) is 24.3 Å². The summed E-state index contributed by atoms with van der Waals surface area (Å²) in [6.07, 6.45) is 0. The first-order valence-corrected chi connectivity index (χ1v) is 6.76. The normalized spacial score (nSPS) is 11.9. The number of nitrogen functional groups attached to an aromatic ring is 1. The number of hydrogen-bond donors (Lipinski definition) is 1. The Hall–Kier alpha value is -1.03. The summed E-state index contributed by atoms with van der Waals surface area (Å²) in [6.45, 7) is 3.81. The van der Waals surface area contributed by atoms with Crippen molar-refractivity contribution in [1.29, 1.82) is 0 Å². The molecule has 0 radical (unpaired) electrons. The summed E-state index contributed by atoms with van der Waals surface area (Å²) in [4.78, 5) is 0. The standard InChI is InChI=1S/C11H17NO2S/c1-9(2)7-15(13,14)8-10-3-5-11(12)6-4-10/h3-6,9H,7-8,12H2,1-2H3. The largest absolute Gasteiger partial charge is 0.399 e. The average Bonchev–Trinajstić information content (AvgIpc) is 2.06. The number of benzene rings is 1. The summed E-state index contributed by atoms with van der Waals surface area (Å²) < 4.78 is 23.3. The molecule has 0 heterocycles. The van der Waals surface area contributed by atoms with Crippen LogP contribution in [0.4, 0.5) is 5.69 Å². The van der Waals surface area contributed by atoms with Gasteiger partial charge in [-0.2, -0.15) is 0 Å². The molecule has 15 heavy (non-hydrogen) atoms. The molecule has 0 amide bonds. The molecule has 0 saturated carbocycles. The molecule has 3 nitrogen and oxygen atoms in total. The van der Waals surface area contributed by atoms with Crippen LogP contribution in [0.25, 0.3) is 0 Å². The van der Waals surface area contributed by atoms with Crippen LogP contribution < -0.4 is 5.73 Å². The van der Waals surface area contributed by atoms with Gasteiger partial charge in [-0.1, -0.05) is 26.0 Å². The van der Waals surface area contributed by atoms with Crippen molar-refractivity contribution in [2.24, 2.45) is 5.92 Å². The Labute approximate surface area is 91.2 Å². The van der Waals surface area contributed by atoms with Crippen molar-refractivity contribution in [2.45, 2.75) is 19.6 Å². The first-order valence-electron chi connectivity index (χ1n) is 4.94. The molecule has 1 aromatic rings.